The predicted molar refractivity (Wildman–Crippen MR) is 196 cm³/mol. The molecule has 0 radical (unpaired) electrons. The number of para-hydroxylation sites is 1. The minimum absolute atomic E-state index is 0.0499. The lowest BCUT2D eigenvalue weighted by atomic mass is 10.0. The summed E-state index contributed by atoms with van der Waals surface area (Å²) >= 11 is 13.6. The average Bonchev–Trinajstić information content (AvgIpc) is 3.52. The van der Waals surface area contributed by atoms with E-state index in [1.807, 2.05) is 45.0 Å². The van der Waals surface area contributed by atoms with Gasteiger partial charge in [0.05, 0.1) is 10.0 Å². The monoisotopic (exact) mass is 728 g/mol. The summed E-state index contributed by atoms with van der Waals surface area (Å²) in [5, 5.41) is 17.2. The number of aryl methyl sites for hydroxylation is 1. The summed E-state index contributed by atoms with van der Waals surface area (Å²) in [6, 6.07) is 21.6. The zero-order valence-corrected chi connectivity index (χ0v) is 30.6. The predicted octanol–water partition coefficient (Wildman–Crippen LogP) is 6.93. The largest absolute Gasteiger partial charge is 0.507 e. The molecule has 0 spiro atoms. The lowest BCUT2D eigenvalue weighted by Gasteiger charge is -2.32. The molecule has 0 bridgehead atoms. The van der Waals surface area contributed by atoms with E-state index in [9.17, 15) is 19.5 Å². The van der Waals surface area contributed by atoms with Crippen LogP contribution in [0.25, 0.3) is 0 Å². The first-order valence-electron chi connectivity index (χ1n) is 16.5. The lowest BCUT2D eigenvalue weighted by Crippen LogP contribution is -2.49. The molecule has 1 aliphatic rings. The van der Waals surface area contributed by atoms with E-state index in [2.05, 4.69) is 27.7 Å². The van der Waals surface area contributed by atoms with Crippen molar-refractivity contribution in [2.75, 3.05) is 25.4 Å². The number of nitrogens with one attached hydrogen (secondary N) is 2. The van der Waals surface area contributed by atoms with Gasteiger partial charge in [0.2, 0.25) is 12.3 Å². The quantitative estimate of drug-likeness (QED) is 0.108. The highest BCUT2D eigenvalue weighted by Gasteiger charge is 2.32. The molecule has 12 heteroatoms. The van der Waals surface area contributed by atoms with Gasteiger partial charge in [-0.15, -0.1) is 11.8 Å². The highest BCUT2D eigenvalue weighted by molar-refractivity contribution is 7.99. The molecule has 1 heterocycles. The summed E-state index contributed by atoms with van der Waals surface area (Å²) in [6.45, 7) is 7.53. The van der Waals surface area contributed by atoms with Gasteiger partial charge in [-0.1, -0.05) is 71.7 Å². The zero-order valence-electron chi connectivity index (χ0n) is 28.2. The van der Waals surface area contributed by atoms with Gasteiger partial charge >= 0.3 is 6.09 Å². The normalized spacial score (nSPS) is 16.1. The fourth-order valence-corrected chi connectivity index (χ4v) is 7.20. The summed E-state index contributed by atoms with van der Waals surface area (Å²) in [5.74, 6) is 0.0402. The molecule has 264 valence electrons. The number of thioether (sulfide) groups is 1. The molecule has 0 aliphatic carbocycles. The number of carbonyl (C=O) groups excluding carboxylic acids is 3. The number of hydrogen-bond donors (Lipinski definition) is 3. The number of aromatic hydroxyl groups is 1. The van der Waals surface area contributed by atoms with Crippen molar-refractivity contribution in [3.05, 3.63) is 94.0 Å². The van der Waals surface area contributed by atoms with Crippen LogP contribution in [0.1, 0.15) is 51.2 Å². The zero-order chi connectivity index (χ0) is 35.4. The van der Waals surface area contributed by atoms with Crippen LogP contribution in [-0.4, -0.2) is 82.4 Å². The van der Waals surface area contributed by atoms with Crippen LogP contribution in [0, 0.1) is 0 Å². The fraction of sp³-hybridized carbons (Fsp3) is 0.432. The highest BCUT2D eigenvalue weighted by Crippen LogP contribution is 2.29. The number of hydrogen-bond acceptors (Lipinski definition) is 7. The third-order valence-electron chi connectivity index (χ3n) is 8.34. The molecule has 0 saturated carbocycles. The van der Waals surface area contributed by atoms with E-state index in [4.69, 9.17) is 27.9 Å². The van der Waals surface area contributed by atoms with Crippen LogP contribution in [0.5, 0.6) is 5.75 Å². The maximum Gasteiger partial charge on any atom is 0.407 e. The lowest BCUT2D eigenvalue weighted by molar-refractivity contribution is -0.132. The van der Waals surface area contributed by atoms with E-state index in [0.717, 1.165) is 37.8 Å². The molecule has 3 aromatic carbocycles. The number of likely N-dealkylation sites (tertiary alicyclic amines) is 1. The van der Waals surface area contributed by atoms with Crippen molar-refractivity contribution in [1.29, 1.82) is 0 Å². The number of halogens is 2. The van der Waals surface area contributed by atoms with Crippen molar-refractivity contribution in [2.45, 2.75) is 81.6 Å². The van der Waals surface area contributed by atoms with Gasteiger partial charge < -0.3 is 25.4 Å². The summed E-state index contributed by atoms with van der Waals surface area (Å²) in [6.07, 6.45) is 3.42. The summed E-state index contributed by atoms with van der Waals surface area (Å²) in [5.41, 5.74) is 1.42. The molecule has 9 nitrogen and oxygen atoms in total. The van der Waals surface area contributed by atoms with E-state index < -0.39 is 17.7 Å². The van der Waals surface area contributed by atoms with Crippen LogP contribution < -0.4 is 10.6 Å². The molecule has 49 heavy (non-hydrogen) atoms. The van der Waals surface area contributed by atoms with Crippen molar-refractivity contribution in [3.8, 4) is 5.75 Å². The van der Waals surface area contributed by atoms with E-state index in [1.165, 1.54) is 17.3 Å². The van der Waals surface area contributed by atoms with Crippen LogP contribution >= 0.6 is 35.0 Å². The number of carbonyl (C=O) groups is 3. The number of phenolic OH excluding ortho intramolecular Hbond substituents is 1. The maximum absolute atomic E-state index is 13.7. The molecule has 1 saturated heterocycles. The van der Waals surface area contributed by atoms with Gasteiger partial charge in [0, 0.05) is 48.9 Å². The van der Waals surface area contributed by atoms with Gasteiger partial charge in [-0.05, 0) is 81.8 Å². The Morgan fingerprint density at radius 3 is 2.47 bits per heavy atom. The van der Waals surface area contributed by atoms with E-state index in [0.29, 0.717) is 34.5 Å². The highest BCUT2D eigenvalue weighted by atomic mass is 35.5. The smallest absolute Gasteiger partial charge is 0.407 e. The van der Waals surface area contributed by atoms with Gasteiger partial charge in [0.15, 0.2) is 0 Å². The van der Waals surface area contributed by atoms with Gasteiger partial charge in [-0.2, -0.15) is 0 Å². The van der Waals surface area contributed by atoms with Gasteiger partial charge in [0.1, 0.15) is 17.4 Å². The van der Waals surface area contributed by atoms with Crippen LogP contribution in [0.2, 0.25) is 10.0 Å². The number of amides is 3. The maximum atomic E-state index is 13.7. The van der Waals surface area contributed by atoms with Crippen molar-refractivity contribution >= 4 is 53.4 Å². The van der Waals surface area contributed by atoms with Crippen molar-refractivity contribution in [1.82, 2.24) is 20.4 Å². The fourth-order valence-electron chi connectivity index (χ4n) is 5.81. The van der Waals surface area contributed by atoms with Crippen LogP contribution in [0.4, 0.5) is 4.79 Å². The third kappa shape index (κ3) is 12.4. The number of alkyl carbamates (subject to hydrolysis) is 1. The molecular weight excluding hydrogens is 683 g/mol. The Balaban J connectivity index is 1.47. The minimum atomic E-state index is -0.806. The summed E-state index contributed by atoms with van der Waals surface area (Å²) < 4.78 is 5.48. The molecule has 1 aliphatic heterocycles. The topological polar surface area (TPSA) is 111 Å². The Hall–Kier alpha value is -3.44. The van der Waals surface area contributed by atoms with Crippen LogP contribution in [0.15, 0.2) is 77.7 Å². The van der Waals surface area contributed by atoms with Crippen LogP contribution in [0.3, 0.4) is 0 Å². The van der Waals surface area contributed by atoms with E-state index in [-0.39, 0.29) is 36.0 Å². The molecule has 3 atom stereocenters. The molecule has 3 aromatic rings. The second-order valence-corrected chi connectivity index (χ2v) is 15.1. The minimum Gasteiger partial charge on any atom is -0.507 e. The first kappa shape index (κ1) is 38.4. The second-order valence-electron chi connectivity index (χ2n) is 13.2. The molecule has 4 rings (SSSR count). The summed E-state index contributed by atoms with van der Waals surface area (Å²) in [7, 11) is 0. The molecule has 3 amide bonds. The number of ether oxygens (including phenoxy) is 1. The van der Waals surface area contributed by atoms with Crippen molar-refractivity contribution in [2.24, 2.45) is 0 Å². The molecule has 1 fully saturated rings. The Kier molecular flexibility index (Phi) is 14.5. The van der Waals surface area contributed by atoms with Crippen molar-refractivity contribution < 1.29 is 24.2 Å². The SMILES string of the molecule is CC(C)(C)OC(=O)N[C@@H]1CCN(C(CCc2ccccc2)CCN(C=O)[C@H](CSc2ccccc2O)C(=O)NCc2ccc(Cl)c(Cl)c2)C1. The Morgan fingerprint density at radius 2 is 1.78 bits per heavy atom. The third-order valence-corrected chi connectivity index (χ3v) is 10.2. The number of phenols is 1. The first-order valence-corrected chi connectivity index (χ1v) is 18.3. The average molecular weight is 730 g/mol. The second kappa shape index (κ2) is 18.5. The summed E-state index contributed by atoms with van der Waals surface area (Å²) in [4.78, 5) is 43.4. The Labute approximate surface area is 303 Å². The molecule has 1 unspecified atom stereocenters. The van der Waals surface area contributed by atoms with Gasteiger partial charge in [-0.3, -0.25) is 14.5 Å². The molecule has 0 aromatic heterocycles. The van der Waals surface area contributed by atoms with E-state index in [1.54, 1.807) is 41.3 Å². The number of nitrogens with zero attached hydrogens (tertiary/aromatic N) is 2. The van der Waals surface area contributed by atoms with Crippen molar-refractivity contribution in [3.63, 3.8) is 0 Å². The van der Waals surface area contributed by atoms with E-state index >= 15 is 0 Å². The Morgan fingerprint density at radius 1 is 1.04 bits per heavy atom. The first-order chi connectivity index (χ1) is 23.4. The molecular formula is C37H46Cl2N4O5S. The number of rotatable bonds is 16. The Bertz CT molecular complexity index is 1540. The van der Waals surface area contributed by atoms with Crippen LogP contribution in [-0.2, 0) is 27.3 Å². The number of benzene rings is 3. The molecule has 3 N–H and O–H groups in total. The van der Waals surface area contributed by atoms with Gasteiger partial charge in [0.25, 0.3) is 0 Å². The standard InChI is InChI=1S/C37H46Cl2N4O5S/c1-37(2,3)48-36(47)41-28-17-19-42(23-28)29(15-13-26-9-5-4-6-10-26)18-20-43(25-44)32(24-49-34-12-8-7-11-33(34)45)35(46)40-22-27-14-16-30(38)31(39)21-27/h4-12,14,16,21,25,28-29,32,45H,13,15,17-20,22-24H2,1-3H3,(H,40,46)(H,41,47)/t28-,29?,32-/m1/s1. The van der Waals surface area contributed by atoms with Gasteiger partial charge in [-0.25, -0.2) is 4.79 Å².